The molecule has 0 radical (unpaired) electrons. The van der Waals surface area contributed by atoms with E-state index >= 15 is 0 Å². The third-order valence-electron chi connectivity index (χ3n) is 5.85. The van der Waals surface area contributed by atoms with Crippen LogP contribution in [0.3, 0.4) is 0 Å². The van der Waals surface area contributed by atoms with Gasteiger partial charge in [0.15, 0.2) is 6.61 Å². The average Bonchev–Trinajstić information content (AvgIpc) is 2.83. The number of sulfonamides is 1. The SMILES string of the molecule is CC[C@H](C)NS(=O)(=O)c1cc(NC(=O)COc2ccccc2)ccc1N1CCC(C(N)=O)CC1. The van der Waals surface area contributed by atoms with E-state index in [1.807, 2.05) is 17.9 Å². The number of carbonyl (C=O) groups excluding carboxylic acids is 2. The number of amides is 2. The van der Waals surface area contributed by atoms with E-state index in [1.165, 1.54) is 6.07 Å². The first kappa shape index (κ1) is 25.5. The minimum atomic E-state index is -3.86. The molecule has 34 heavy (non-hydrogen) atoms. The number of anilines is 2. The topological polar surface area (TPSA) is 131 Å². The van der Waals surface area contributed by atoms with Gasteiger partial charge in [-0.3, -0.25) is 9.59 Å². The van der Waals surface area contributed by atoms with Gasteiger partial charge in [0.05, 0.1) is 5.69 Å². The van der Waals surface area contributed by atoms with E-state index in [2.05, 4.69) is 10.0 Å². The molecular formula is C24H32N4O5S. The molecule has 0 bridgehead atoms. The van der Waals surface area contributed by atoms with Crippen molar-refractivity contribution in [1.82, 2.24) is 4.72 Å². The summed E-state index contributed by atoms with van der Waals surface area (Å²) in [5.74, 6) is -0.384. The summed E-state index contributed by atoms with van der Waals surface area (Å²) in [6.07, 6.45) is 1.75. The number of hydrogen-bond acceptors (Lipinski definition) is 6. The fraction of sp³-hybridized carbons (Fsp3) is 0.417. The number of rotatable bonds is 10. The summed E-state index contributed by atoms with van der Waals surface area (Å²) in [5, 5.41) is 2.71. The lowest BCUT2D eigenvalue weighted by Crippen LogP contribution is -2.40. The Morgan fingerprint density at radius 1 is 1.15 bits per heavy atom. The largest absolute Gasteiger partial charge is 0.484 e. The van der Waals surface area contributed by atoms with Crippen molar-refractivity contribution >= 4 is 33.2 Å². The normalized spacial score (nSPS) is 15.5. The standard InChI is InChI=1S/C24H32N4O5S/c1-3-17(2)27-34(31,32)22-15-19(26-23(29)16-33-20-7-5-4-6-8-20)9-10-21(22)28-13-11-18(12-14-28)24(25)30/h4-10,15,17-18,27H,3,11-14,16H2,1-2H3,(H2,25,30)(H,26,29)/t17-/m0/s1. The van der Waals surface area contributed by atoms with Crippen molar-refractivity contribution < 1.29 is 22.7 Å². The fourth-order valence-electron chi connectivity index (χ4n) is 3.75. The molecule has 1 saturated heterocycles. The van der Waals surface area contributed by atoms with Gasteiger partial charge in [-0.15, -0.1) is 0 Å². The molecule has 0 aliphatic carbocycles. The van der Waals surface area contributed by atoms with E-state index in [1.54, 1.807) is 43.3 Å². The summed E-state index contributed by atoms with van der Waals surface area (Å²) in [5.41, 5.74) is 6.31. The Balaban J connectivity index is 1.81. The smallest absolute Gasteiger partial charge is 0.262 e. The lowest BCUT2D eigenvalue weighted by molar-refractivity contribution is -0.122. The summed E-state index contributed by atoms with van der Waals surface area (Å²) in [7, 11) is -3.86. The third-order valence-corrected chi connectivity index (χ3v) is 7.47. The van der Waals surface area contributed by atoms with Crippen LogP contribution >= 0.6 is 0 Å². The van der Waals surface area contributed by atoms with Gasteiger partial charge in [-0.2, -0.15) is 0 Å². The van der Waals surface area contributed by atoms with Gasteiger partial charge >= 0.3 is 0 Å². The highest BCUT2D eigenvalue weighted by atomic mass is 32.2. The maximum atomic E-state index is 13.2. The van der Waals surface area contributed by atoms with Crippen molar-refractivity contribution in [3.63, 3.8) is 0 Å². The van der Waals surface area contributed by atoms with Gasteiger partial charge in [0.2, 0.25) is 15.9 Å². The second-order valence-corrected chi connectivity index (χ2v) is 10.1. The van der Waals surface area contributed by atoms with E-state index in [0.717, 1.165) is 0 Å². The van der Waals surface area contributed by atoms with E-state index in [9.17, 15) is 18.0 Å². The number of primary amides is 1. The second kappa shape index (κ2) is 11.3. The molecule has 0 aromatic heterocycles. The van der Waals surface area contributed by atoms with E-state index in [4.69, 9.17) is 10.5 Å². The number of nitrogens with zero attached hydrogens (tertiary/aromatic N) is 1. The first-order chi connectivity index (χ1) is 16.2. The molecule has 2 aromatic rings. The van der Waals surface area contributed by atoms with Crippen LogP contribution in [0.1, 0.15) is 33.1 Å². The molecule has 1 heterocycles. The van der Waals surface area contributed by atoms with Gasteiger partial charge in [-0.1, -0.05) is 25.1 Å². The molecule has 2 amide bonds. The van der Waals surface area contributed by atoms with E-state index in [0.29, 0.717) is 49.5 Å². The lowest BCUT2D eigenvalue weighted by Gasteiger charge is -2.33. The van der Waals surface area contributed by atoms with Gasteiger partial charge in [0.25, 0.3) is 5.91 Å². The Morgan fingerprint density at radius 3 is 2.44 bits per heavy atom. The number of ether oxygens (including phenoxy) is 1. The predicted molar refractivity (Wildman–Crippen MR) is 131 cm³/mol. The van der Waals surface area contributed by atoms with Gasteiger partial charge in [0.1, 0.15) is 10.6 Å². The van der Waals surface area contributed by atoms with Crippen LogP contribution < -0.4 is 25.4 Å². The number of hydrogen-bond donors (Lipinski definition) is 3. The highest BCUT2D eigenvalue weighted by molar-refractivity contribution is 7.89. The Bertz CT molecular complexity index is 1100. The number of nitrogens with two attached hydrogens (primary N) is 1. The minimum absolute atomic E-state index is 0.0760. The number of piperidine rings is 1. The van der Waals surface area contributed by atoms with Crippen LogP contribution in [0.5, 0.6) is 5.75 Å². The zero-order chi connectivity index (χ0) is 24.7. The third kappa shape index (κ3) is 6.71. The van der Waals surface area contributed by atoms with Crippen LogP contribution in [0.25, 0.3) is 0 Å². The van der Waals surface area contributed by atoms with Gasteiger partial charge < -0.3 is 20.7 Å². The second-order valence-electron chi connectivity index (χ2n) is 8.43. The molecule has 9 nitrogen and oxygen atoms in total. The van der Waals surface area contributed by atoms with Crippen LogP contribution in [0.4, 0.5) is 11.4 Å². The van der Waals surface area contributed by atoms with Gasteiger partial charge in [-0.25, -0.2) is 13.1 Å². The van der Waals surface area contributed by atoms with Crippen molar-refractivity contribution in [1.29, 1.82) is 0 Å². The molecule has 2 aromatic carbocycles. The van der Waals surface area contributed by atoms with Crippen molar-refractivity contribution in [3.05, 3.63) is 48.5 Å². The number of benzene rings is 2. The van der Waals surface area contributed by atoms with Crippen molar-refractivity contribution in [2.24, 2.45) is 11.7 Å². The number of carbonyl (C=O) groups is 2. The molecule has 4 N–H and O–H groups in total. The molecular weight excluding hydrogens is 456 g/mol. The van der Waals surface area contributed by atoms with Crippen molar-refractivity contribution in [2.45, 2.75) is 44.0 Å². The number of para-hydroxylation sites is 1. The first-order valence-corrected chi connectivity index (χ1v) is 12.9. The number of nitrogens with one attached hydrogen (secondary N) is 2. The van der Waals surface area contributed by atoms with Crippen LogP contribution in [0, 0.1) is 5.92 Å². The Kier molecular flexibility index (Phi) is 8.51. The molecule has 1 fully saturated rings. The molecule has 1 aliphatic rings. The van der Waals surface area contributed by atoms with E-state index in [-0.39, 0.29) is 29.4 Å². The molecule has 10 heteroatoms. The summed E-state index contributed by atoms with van der Waals surface area (Å²) >= 11 is 0. The maximum Gasteiger partial charge on any atom is 0.262 e. The Morgan fingerprint density at radius 2 is 1.82 bits per heavy atom. The first-order valence-electron chi connectivity index (χ1n) is 11.4. The van der Waals surface area contributed by atoms with Crippen LogP contribution in [-0.2, 0) is 19.6 Å². The van der Waals surface area contributed by atoms with Crippen LogP contribution in [-0.4, -0.2) is 46.0 Å². The van der Waals surface area contributed by atoms with Crippen LogP contribution in [0.15, 0.2) is 53.4 Å². The average molecular weight is 489 g/mol. The summed E-state index contributed by atoms with van der Waals surface area (Å²) in [6.45, 7) is 4.50. The molecule has 184 valence electrons. The monoisotopic (exact) mass is 488 g/mol. The Labute approximate surface area is 200 Å². The molecule has 0 unspecified atom stereocenters. The van der Waals surface area contributed by atoms with Gasteiger partial charge in [0, 0.05) is 30.7 Å². The maximum absolute atomic E-state index is 13.2. The van der Waals surface area contributed by atoms with Gasteiger partial charge in [-0.05, 0) is 56.5 Å². The highest BCUT2D eigenvalue weighted by Crippen LogP contribution is 2.32. The molecule has 1 aliphatic heterocycles. The predicted octanol–water partition coefficient (Wildman–Crippen LogP) is 2.48. The summed E-state index contributed by atoms with van der Waals surface area (Å²) in [4.78, 5) is 25.9. The summed E-state index contributed by atoms with van der Waals surface area (Å²) < 4.78 is 34.6. The van der Waals surface area contributed by atoms with Crippen molar-refractivity contribution in [2.75, 3.05) is 29.9 Å². The highest BCUT2D eigenvalue weighted by Gasteiger charge is 2.28. The molecule has 3 rings (SSSR count). The molecule has 0 spiro atoms. The Hall–Kier alpha value is -3.11. The fourth-order valence-corrected chi connectivity index (χ4v) is 5.33. The zero-order valence-electron chi connectivity index (χ0n) is 19.5. The van der Waals surface area contributed by atoms with Crippen LogP contribution in [0.2, 0.25) is 0 Å². The summed E-state index contributed by atoms with van der Waals surface area (Å²) in [6, 6.07) is 13.5. The van der Waals surface area contributed by atoms with Crippen molar-refractivity contribution in [3.8, 4) is 5.75 Å². The molecule has 0 saturated carbocycles. The lowest BCUT2D eigenvalue weighted by atomic mass is 9.96. The molecule has 1 atom stereocenters. The van der Waals surface area contributed by atoms with E-state index < -0.39 is 15.9 Å². The quantitative estimate of drug-likeness (QED) is 0.471. The zero-order valence-corrected chi connectivity index (χ0v) is 20.3. The minimum Gasteiger partial charge on any atom is -0.484 e.